The summed E-state index contributed by atoms with van der Waals surface area (Å²) < 4.78 is 4.93. The van der Waals surface area contributed by atoms with Crippen molar-refractivity contribution in [1.82, 2.24) is 15.3 Å². The first-order valence-electron chi connectivity index (χ1n) is 7.21. The fourth-order valence-electron chi connectivity index (χ4n) is 1.72. The molecule has 0 saturated heterocycles. The van der Waals surface area contributed by atoms with Crippen LogP contribution in [-0.4, -0.2) is 55.5 Å². The van der Waals surface area contributed by atoms with E-state index in [1.807, 2.05) is 11.9 Å². The lowest BCUT2D eigenvalue weighted by atomic mass is 10.4. The van der Waals surface area contributed by atoms with E-state index in [1.54, 1.807) is 13.2 Å². The van der Waals surface area contributed by atoms with Gasteiger partial charge in [-0.1, -0.05) is 30.3 Å². The number of methoxy groups -OCH3 is 1. The summed E-state index contributed by atoms with van der Waals surface area (Å²) in [6, 6.07) is 1.73. The zero-order valence-electron chi connectivity index (χ0n) is 13.3. The molecule has 0 fully saturated rings. The number of carbonyl (C=O) groups excluding carboxylic acids is 1. The van der Waals surface area contributed by atoms with Crippen molar-refractivity contribution in [3.63, 3.8) is 0 Å². The summed E-state index contributed by atoms with van der Waals surface area (Å²) in [4.78, 5) is 22.3. The van der Waals surface area contributed by atoms with Crippen LogP contribution < -0.4 is 10.2 Å². The third-order valence-corrected chi connectivity index (χ3v) is 3.83. The highest BCUT2D eigenvalue weighted by Crippen LogP contribution is 2.21. The summed E-state index contributed by atoms with van der Waals surface area (Å²) in [5.41, 5.74) is 0. The average Bonchev–Trinajstić information content (AvgIpc) is 2.49. The number of anilines is 1. The molecule has 0 atom stereocenters. The quantitative estimate of drug-likeness (QED) is 0.303. The standard InChI is InChI=1S/C14H23ClN4O2S/c1-4-7-19(2)12-9-11(15)17-14(18-12)22-10-13(20)16-6-5-8-21-3/h9H,4-8,10H2,1-3H3,(H,16,20). The number of nitrogens with one attached hydrogen (secondary N) is 1. The molecule has 0 aromatic carbocycles. The summed E-state index contributed by atoms with van der Waals surface area (Å²) in [6.07, 6.45) is 1.82. The molecule has 1 N–H and O–H groups in total. The van der Waals surface area contributed by atoms with Crippen LogP contribution in [0.4, 0.5) is 5.82 Å². The highest BCUT2D eigenvalue weighted by molar-refractivity contribution is 7.99. The topological polar surface area (TPSA) is 67.4 Å². The van der Waals surface area contributed by atoms with Crippen molar-refractivity contribution < 1.29 is 9.53 Å². The van der Waals surface area contributed by atoms with Crippen molar-refractivity contribution in [3.05, 3.63) is 11.2 Å². The summed E-state index contributed by atoms with van der Waals surface area (Å²) in [6.45, 7) is 4.23. The molecule has 22 heavy (non-hydrogen) atoms. The van der Waals surface area contributed by atoms with Crippen LogP contribution >= 0.6 is 23.4 Å². The predicted molar refractivity (Wildman–Crippen MR) is 90.8 cm³/mol. The lowest BCUT2D eigenvalue weighted by Gasteiger charge is -2.17. The van der Waals surface area contributed by atoms with E-state index in [4.69, 9.17) is 16.3 Å². The normalized spacial score (nSPS) is 10.5. The molecule has 0 aliphatic rings. The van der Waals surface area contributed by atoms with Crippen LogP contribution in [0.25, 0.3) is 0 Å². The van der Waals surface area contributed by atoms with Crippen LogP contribution in [0.5, 0.6) is 0 Å². The zero-order chi connectivity index (χ0) is 16.4. The Bertz CT molecular complexity index is 476. The third kappa shape index (κ3) is 7.29. The van der Waals surface area contributed by atoms with Gasteiger partial charge in [-0.2, -0.15) is 0 Å². The number of thioether (sulfide) groups is 1. The first-order chi connectivity index (χ1) is 10.6. The molecule has 0 spiro atoms. The molecule has 8 heteroatoms. The Labute approximate surface area is 141 Å². The molecule has 0 bridgehead atoms. The van der Waals surface area contributed by atoms with E-state index < -0.39 is 0 Å². The van der Waals surface area contributed by atoms with Crippen molar-refractivity contribution in [2.45, 2.75) is 24.9 Å². The van der Waals surface area contributed by atoms with Crippen LogP contribution in [0.15, 0.2) is 11.2 Å². The van der Waals surface area contributed by atoms with E-state index in [0.717, 1.165) is 25.2 Å². The summed E-state index contributed by atoms with van der Waals surface area (Å²) in [7, 11) is 3.60. The van der Waals surface area contributed by atoms with E-state index in [-0.39, 0.29) is 11.7 Å². The molecular formula is C14H23ClN4O2S. The SMILES string of the molecule is CCCN(C)c1cc(Cl)nc(SCC(=O)NCCCOC)n1. The molecule has 1 aromatic heterocycles. The number of ether oxygens (including phenoxy) is 1. The fourth-order valence-corrected chi connectivity index (χ4v) is 2.63. The Kier molecular flexibility index (Phi) is 9.19. The summed E-state index contributed by atoms with van der Waals surface area (Å²) >= 11 is 7.30. The van der Waals surface area contributed by atoms with Gasteiger partial charge in [0.1, 0.15) is 11.0 Å². The number of aromatic nitrogens is 2. The molecule has 1 heterocycles. The average molecular weight is 347 g/mol. The number of halogens is 1. The number of rotatable bonds is 10. The van der Waals surface area contributed by atoms with Crippen LogP contribution in [0.1, 0.15) is 19.8 Å². The Morgan fingerprint density at radius 1 is 1.50 bits per heavy atom. The van der Waals surface area contributed by atoms with Gasteiger partial charge in [0.25, 0.3) is 0 Å². The van der Waals surface area contributed by atoms with E-state index in [2.05, 4.69) is 22.2 Å². The second kappa shape index (κ2) is 10.6. The second-order valence-corrected chi connectivity index (χ2v) is 6.07. The van der Waals surface area contributed by atoms with Crippen LogP contribution in [-0.2, 0) is 9.53 Å². The van der Waals surface area contributed by atoms with E-state index in [0.29, 0.717) is 23.5 Å². The predicted octanol–water partition coefficient (Wildman–Crippen LogP) is 2.22. The van der Waals surface area contributed by atoms with Crippen LogP contribution in [0, 0.1) is 0 Å². The van der Waals surface area contributed by atoms with Crippen molar-refractivity contribution in [3.8, 4) is 0 Å². The van der Waals surface area contributed by atoms with Crippen molar-refractivity contribution in [1.29, 1.82) is 0 Å². The van der Waals surface area contributed by atoms with E-state index >= 15 is 0 Å². The molecule has 0 aliphatic heterocycles. The first kappa shape index (κ1) is 19.0. The molecule has 1 amide bonds. The number of carbonyl (C=O) groups is 1. The Hall–Kier alpha value is -1.05. The Morgan fingerprint density at radius 3 is 2.95 bits per heavy atom. The maximum Gasteiger partial charge on any atom is 0.230 e. The molecule has 0 unspecified atom stereocenters. The largest absolute Gasteiger partial charge is 0.385 e. The molecule has 124 valence electrons. The van der Waals surface area contributed by atoms with Crippen molar-refractivity contribution >= 4 is 35.1 Å². The van der Waals surface area contributed by atoms with E-state index in [9.17, 15) is 4.79 Å². The van der Waals surface area contributed by atoms with Gasteiger partial charge in [-0.3, -0.25) is 4.79 Å². The Morgan fingerprint density at radius 2 is 2.27 bits per heavy atom. The monoisotopic (exact) mass is 346 g/mol. The molecule has 0 radical (unpaired) electrons. The van der Waals surface area contributed by atoms with Gasteiger partial charge in [0, 0.05) is 39.9 Å². The molecule has 0 aliphatic carbocycles. The van der Waals surface area contributed by atoms with Gasteiger partial charge in [-0.15, -0.1) is 0 Å². The van der Waals surface area contributed by atoms with Crippen LogP contribution in [0.3, 0.4) is 0 Å². The minimum atomic E-state index is -0.0480. The maximum absolute atomic E-state index is 11.7. The zero-order valence-corrected chi connectivity index (χ0v) is 14.8. The van der Waals surface area contributed by atoms with Crippen molar-refractivity contribution in [2.75, 3.05) is 44.5 Å². The highest BCUT2D eigenvalue weighted by Gasteiger charge is 2.09. The summed E-state index contributed by atoms with van der Waals surface area (Å²) in [5.74, 6) is 0.988. The van der Waals surface area contributed by atoms with Gasteiger partial charge in [-0.25, -0.2) is 9.97 Å². The van der Waals surface area contributed by atoms with Gasteiger partial charge >= 0.3 is 0 Å². The molecular weight excluding hydrogens is 324 g/mol. The van der Waals surface area contributed by atoms with Crippen molar-refractivity contribution in [2.24, 2.45) is 0 Å². The number of amides is 1. The van der Waals surface area contributed by atoms with Gasteiger partial charge < -0.3 is 15.0 Å². The molecule has 1 rings (SSSR count). The minimum absolute atomic E-state index is 0.0480. The number of hydrogen-bond donors (Lipinski definition) is 1. The molecule has 1 aromatic rings. The lowest BCUT2D eigenvalue weighted by molar-refractivity contribution is -0.118. The van der Waals surface area contributed by atoms with Gasteiger partial charge in [-0.05, 0) is 12.8 Å². The smallest absolute Gasteiger partial charge is 0.230 e. The fraction of sp³-hybridized carbons (Fsp3) is 0.643. The molecule has 0 saturated carbocycles. The number of nitrogens with zero attached hydrogens (tertiary/aromatic N) is 3. The Balaban J connectivity index is 2.49. The highest BCUT2D eigenvalue weighted by atomic mass is 35.5. The minimum Gasteiger partial charge on any atom is -0.385 e. The third-order valence-electron chi connectivity index (χ3n) is 2.79. The second-order valence-electron chi connectivity index (χ2n) is 4.74. The molecule has 6 nitrogen and oxygen atoms in total. The first-order valence-corrected chi connectivity index (χ1v) is 8.57. The lowest BCUT2D eigenvalue weighted by Crippen LogP contribution is -2.27. The van der Waals surface area contributed by atoms with E-state index in [1.165, 1.54) is 11.8 Å². The van der Waals surface area contributed by atoms with Crippen LogP contribution in [0.2, 0.25) is 5.15 Å². The number of hydrogen-bond acceptors (Lipinski definition) is 6. The maximum atomic E-state index is 11.7. The van der Waals surface area contributed by atoms with Gasteiger partial charge in [0.2, 0.25) is 5.91 Å². The summed E-state index contributed by atoms with van der Waals surface area (Å²) in [5, 5.41) is 3.72. The van der Waals surface area contributed by atoms with Gasteiger partial charge in [0.15, 0.2) is 5.16 Å². The van der Waals surface area contributed by atoms with Gasteiger partial charge in [0.05, 0.1) is 5.75 Å².